The van der Waals surface area contributed by atoms with E-state index in [1.165, 1.54) is 6.07 Å². The van der Waals surface area contributed by atoms with Crippen LogP contribution in [0, 0.1) is 12.3 Å². The lowest BCUT2D eigenvalue weighted by Crippen LogP contribution is -2.43. The maximum Gasteiger partial charge on any atom is 0.336 e. The number of nitrogens with zero attached hydrogens (tertiary/aromatic N) is 1. The van der Waals surface area contributed by atoms with Crippen LogP contribution in [0.1, 0.15) is 42.6 Å². The summed E-state index contributed by atoms with van der Waals surface area (Å²) in [6, 6.07) is 4.76. The van der Waals surface area contributed by atoms with Crippen LogP contribution in [0.4, 0.5) is 10.5 Å². The fourth-order valence-electron chi connectivity index (χ4n) is 2.51. The Morgan fingerprint density at radius 3 is 2.43 bits per heavy atom. The molecule has 0 aromatic heterocycles. The topological polar surface area (TPSA) is 69.6 Å². The Hall–Kier alpha value is -2.04. The van der Waals surface area contributed by atoms with Crippen LogP contribution in [0.15, 0.2) is 18.2 Å². The standard InChI is InChI=1S/C16H22N2O3/c1-11-12(14(19)20)5-4-6-13(11)17-15(21)18-9-7-16(2,3)8-10-18/h4-6H,7-10H2,1-3H3,(H,17,21)(H,19,20). The van der Waals surface area contributed by atoms with Gasteiger partial charge in [-0.1, -0.05) is 19.9 Å². The fourth-order valence-corrected chi connectivity index (χ4v) is 2.51. The first-order valence-corrected chi connectivity index (χ1v) is 7.19. The second-order valence-corrected chi connectivity index (χ2v) is 6.36. The van der Waals surface area contributed by atoms with Gasteiger partial charge in [0.15, 0.2) is 0 Å². The lowest BCUT2D eigenvalue weighted by Gasteiger charge is -2.36. The van der Waals surface area contributed by atoms with Gasteiger partial charge in [-0.2, -0.15) is 0 Å². The summed E-state index contributed by atoms with van der Waals surface area (Å²) in [7, 11) is 0. The molecule has 1 heterocycles. The van der Waals surface area contributed by atoms with Crippen LogP contribution >= 0.6 is 0 Å². The number of hydrogen-bond acceptors (Lipinski definition) is 2. The lowest BCUT2D eigenvalue weighted by molar-refractivity contribution is 0.0696. The quantitative estimate of drug-likeness (QED) is 0.877. The molecular weight excluding hydrogens is 268 g/mol. The molecule has 21 heavy (non-hydrogen) atoms. The van der Waals surface area contributed by atoms with Gasteiger partial charge in [-0.3, -0.25) is 0 Å². The number of carbonyl (C=O) groups excluding carboxylic acids is 1. The molecule has 0 saturated carbocycles. The Morgan fingerprint density at radius 1 is 1.24 bits per heavy atom. The Kier molecular flexibility index (Phi) is 4.21. The van der Waals surface area contributed by atoms with E-state index >= 15 is 0 Å². The minimum absolute atomic E-state index is 0.156. The van der Waals surface area contributed by atoms with E-state index in [4.69, 9.17) is 5.11 Å². The number of carboxylic acids is 1. The van der Waals surface area contributed by atoms with Crippen LogP contribution in [0.3, 0.4) is 0 Å². The molecule has 1 aromatic carbocycles. The first kappa shape index (κ1) is 15.4. The van der Waals surface area contributed by atoms with E-state index in [9.17, 15) is 9.59 Å². The number of piperidine rings is 1. The molecule has 0 spiro atoms. The monoisotopic (exact) mass is 290 g/mol. The molecule has 0 bridgehead atoms. The van der Waals surface area contributed by atoms with Crippen LogP contribution in [0.5, 0.6) is 0 Å². The number of carbonyl (C=O) groups is 2. The molecule has 1 fully saturated rings. The summed E-state index contributed by atoms with van der Waals surface area (Å²) in [5, 5.41) is 11.9. The van der Waals surface area contributed by atoms with Gasteiger partial charge < -0.3 is 15.3 Å². The second-order valence-electron chi connectivity index (χ2n) is 6.36. The van der Waals surface area contributed by atoms with Crippen molar-refractivity contribution in [3.8, 4) is 0 Å². The number of urea groups is 1. The van der Waals surface area contributed by atoms with Gasteiger partial charge in [-0.25, -0.2) is 9.59 Å². The average Bonchev–Trinajstić information content (AvgIpc) is 2.40. The number of hydrogen-bond donors (Lipinski definition) is 2. The molecule has 2 rings (SSSR count). The molecule has 114 valence electrons. The molecule has 1 aliphatic rings. The van der Waals surface area contributed by atoms with E-state index in [2.05, 4.69) is 19.2 Å². The number of anilines is 1. The number of likely N-dealkylation sites (tertiary alicyclic amines) is 1. The van der Waals surface area contributed by atoms with Gasteiger partial charge in [-0.15, -0.1) is 0 Å². The number of rotatable bonds is 2. The van der Waals surface area contributed by atoms with Crippen LogP contribution in [0.25, 0.3) is 0 Å². The SMILES string of the molecule is Cc1c(NC(=O)N2CCC(C)(C)CC2)cccc1C(=O)O. The number of benzene rings is 1. The van der Waals surface area contributed by atoms with Gasteiger partial charge in [0.25, 0.3) is 0 Å². The highest BCUT2D eigenvalue weighted by Crippen LogP contribution is 2.30. The number of aromatic carboxylic acids is 1. The summed E-state index contributed by atoms with van der Waals surface area (Å²) in [4.78, 5) is 25.2. The predicted octanol–water partition coefficient (Wildman–Crippen LogP) is 3.35. The van der Waals surface area contributed by atoms with Crippen molar-refractivity contribution in [2.45, 2.75) is 33.6 Å². The molecule has 1 aromatic rings. The van der Waals surface area contributed by atoms with Crippen molar-refractivity contribution >= 4 is 17.7 Å². The van der Waals surface area contributed by atoms with Crippen molar-refractivity contribution < 1.29 is 14.7 Å². The normalized spacial score (nSPS) is 17.4. The van der Waals surface area contributed by atoms with Crippen molar-refractivity contribution in [2.75, 3.05) is 18.4 Å². The first-order chi connectivity index (χ1) is 9.80. The molecule has 0 unspecified atom stereocenters. The Balaban J connectivity index is 2.07. The summed E-state index contributed by atoms with van der Waals surface area (Å²) >= 11 is 0. The molecule has 0 radical (unpaired) electrons. The van der Waals surface area contributed by atoms with Gasteiger partial charge in [-0.05, 0) is 42.9 Å². The van der Waals surface area contributed by atoms with Gasteiger partial charge in [0.2, 0.25) is 0 Å². The van der Waals surface area contributed by atoms with Gasteiger partial charge in [0, 0.05) is 18.8 Å². The molecule has 1 aliphatic heterocycles. The maximum absolute atomic E-state index is 12.3. The fraction of sp³-hybridized carbons (Fsp3) is 0.500. The maximum atomic E-state index is 12.3. The first-order valence-electron chi connectivity index (χ1n) is 7.19. The van der Waals surface area contributed by atoms with Gasteiger partial charge in [0.05, 0.1) is 5.56 Å². The smallest absolute Gasteiger partial charge is 0.336 e. The molecule has 5 nitrogen and oxygen atoms in total. The second kappa shape index (κ2) is 5.76. The molecule has 5 heteroatoms. The van der Waals surface area contributed by atoms with Crippen molar-refractivity contribution in [1.82, 2.24) is 4.90 Å². The van der Waals surface area contributed by atoms with E-state index < -0.39 is 5.97 Å². The predicted molar refractivity (Wildman–Crippen MR) is 81.7 cm³/mol. The molecular formula is C16H22N2O3. The molecule has 2 N–H and O–H groups in total. The zero-order valence-corrected chi connectivity index (χ0v) is 12.8. The van der Waals surface area contributed by atoms with Crippen LogP contribution in [0.2, 0.25) is 0 Å². The summed E-state index contributed by atoms with van der Waals surface area (Å²) in [5.41, 5.74) is 1.64. The number of amides is 2. The largest absolute Gasteiger partial charge is 0.478 e. The Labute approximate surface area is 125 Å². The molecule has 0 atom stereocenters. The van der Waals surface area contributed by atoms with Crippen LogP contribution < -0.4 is 5.32 Å². The van der Waals surface area contributed by atoms with Crippen molar-refractivity contribution in [1.29, 1.82) is 0 Å². The molecule has 2 amide bonds. The summed E-state index contributed by atoms with van der Waals surface area (Å²) in [5.74, 6) is -0.983. The highest BCUT2D eigenvalue weighted by atomic mass is 16.4. The Morgan fingerprint density at radius 2 is 1.86 bits per heavy atom. The zero-order chi connectivity index (χ0) is 15.6. The van der Waals surface area contributed by atoms with Crippen molar-refractivity contribution in [3.63, 3.8) is 0 Å². The van der Waals surface area contributed by atoms with Crippen LogP contribution in [-0.2, 0) is 0 Å². The number of nitrogens with one attached hydrogen (secondary N) is 1. The zero-order valence-electron chi connectivity index (χ0n) is 12.8. The summed E-state index contributed by atoms with van der Waals surface area (Å²) < 4.78 is 0. The van der Waals surface area contributed by atoms with E-state index in [-0.39, 0.29) is 17.0 Å². The third kappa shape index (κ3) is 3.54. The molecule has 1 saturated heterocycles. The highest BCUT2D eigenvalue weighted by Gasteiger charge is 2.28. The minimum atomic E-state index is -0.983. The van der Waals surface area contributed by atoms with Crippen molar-refractivity contribution in [3.05, 3.63) is 29.3 Å². The Bertz CT molecular complexity index is 557. The summed E-state index contributed by atoms with van der Waals surface area (Å²) in [6.07, 6.45) is 1.96. The third-order valence-corrected chi connectivity index (χ3v) is 4.21. The lowest BCUT2D eigenvalue weighted by atomic mass is 9.83. The van der Waals surface area contributed by atoms with E-state index in [1.54, 1.807) is 24.0 Å². The average molecular weight is 290 g/mol. The van der Waals surface area contributed by atoms with Gasteiger partial charge in [0.1, 0.15) is 0 Å². The highest BCUT2D eigenvalue weighted by molar-refractivity contribution is 5.95. The third-order valence-electron chi connectivity index (χ3n) is 4.21. The van der Waals surface area contributed by atoms with E-state index in [1.807, 2.05) is 0 Å². The van der Waals surface area contributed by atoms with Gasteiger partial charge >= 0.3 is 12.0 Å². The minimum Gasteiger partial charge on any atom is -0.478 e. The summed E-state index contributed by atoms with van der Waals surface area (Å²) in [6.45, 7) is 7.59. The van der Waals surface area contributed by atoms with E-state index in [0.29, 0.717) is 11.3 Å². The van der Waals surface area contributed by atoms with Crippen molar-refractivity contribution in [2.24, 2.45) is 5.41 Å². The number of carboxylic acid groups (broad SMARTS) is 1. The van der Waals surface area contributed by atoms with Crippen LogP contribution in [-0.4, -0.2) is 35.1 Å². The van der Waals surface area contributed by atoms with E-state index in [0.717, 1.165) is 25.9 Å². The molecule has 0 aliphatic carbocycles.